The molecule has 122 valence electrons. The molecule has 0 bridgehead atoms. The molecule has 6 heteroatoms. The first-order chi connectivity index (χ1) is 11.6. The average Bonchev–Trinajstić information content (AvgIpc) is 3.06. The van der Waals surface area contributed by atoms with Crippen molar-refractivity contribution in [3.63, 3.8) is 0 Å². The average molecular weight is 328 g/mol. The molecular formula is C18H13FO5. The largest absolute Gasteiger partial charge is 0.454 e. The van der Waals surface area contributed by atoms with E-state index in [9.17, 15) is 14.0 Å². The molecule has 0 unspecified atom stereocenters. The number of esters is 1. The van der Waals surface area contributed by atoms with Crippen molar-refractivity contribution >= 4 is 17.8 Å². The third-order valence-electron chi connectivity index (χ3n) is 3.32. The quantitative estimate of drug-likeness (QED) is 0.480. The molecule has 0 atom stereocenters. The standard InChI is InChI=1S/C18H13FO5/c19-14-5-1-12(2-6-14)3-8-18(21)22-10-15(20)13-4-7-16-17(9-13)24-11-23-16/h1-9H,10-11H2/b8-3+. The van der Waals surface area contributed by atoms with Gasteiger partial charge in [0.15, 0.2) is 23.9 Å². The maximum atomic E-state index is 12.8. The van der Waals surface area contributed by atoms with Crippen molar-refractivity contribution in [1.82, 2.24) is 0 Å². The lowest BCUT2D eigenvalue weighted by Gasteiger charge is -2.03. The summed E-state index contributed by atoms with van der Waals surface area (Å²) >= 11 is 0. The Labute approximate surface area is 137 Å². The van der Waals surface area contributed by atoms with Gasteiger partial charge in [-0.25, -0.2) is 9.18 Å². The topological polar surface area (TPSA) is 61.8 Å². The summed E-state index contributed by atoms with van der Waals surface area (Å²) in [5.41, 5.74) is 1.02. The molecule has 0 aliphatic carbocycles. The summed E-state index contributed by atoms with van der Waals surface area (Å²) in [7, 11) is 0. The molecule has 0 saturated carbocycles. The molecule has 5 nitrogen and oxygen atoms in total. The number of Topliss-reactive ketones (excluding diaryl/α,β-unsaturated/α-hetero) is 1. The summed E-state index contributed by atoms with van der Waals surface area (Å²) in [6.07, 6.45) is 2.66. The van der Waals surface area contributed by atoms with Crippen LogP contribution in [0.3, 0.4) is 0 Å². The van der Waals surface area contributed by atoms with Crippen molar-refractivity contribution in [3.05, 3.63) is 65.5 Å². The minimum Gasteiger partial charge on any atom is -0.454 e. The SMILES string of the molecule is O=C(/C=C/c1ccc(F)cc1)OCC(=O)c1ccc2c(c1)OCO2. The zero-order chi connectivity index (χ0) is 16.9. The van der Waals surface area contributed by atoms with Gasteiger partial charge in [-0.15, -0.1) is 0 Å². The zero-order valence-corrected chi connectivity index (χ0v) is 12.5. The summed E-state index contributed by atoms with van der Waals surface area (Å²) in [5.74, 6) is -0.302. The van der Waals surface area contributed by atoms with E-state index in [1.807, 2.05) is 0 Å². The number of carbonyl (C=O) groups is 2. The molecule has 1 aliphatic heterocycles. The van der Waals surface area contributed by atoms with Gasteiger partial charge in [0.2, 0.25) is 6.79 Å². The van der Waals surface area contributed by atoms with Gasteiger partial charge in [-0.3, -0.25) is 4.79 Å². The lowest BCUT2D eigenvalue weighted by atomic mass is 10.1. The number of fused-ring (bicyclic) bond motifs is 1. The highest BCUT2D eigenvalue weighted by molar-refractivity contribution is 5.99. The van der Waals surface area contributed by atoms with Gasteiger partial charge in [0.25, 0.3) is 0 Å². The molecule has 0 aromatic heterocycles. The van der Waals surface area contributed by atoms with Gasteiger partial charge in [0, 0.05) is 11.6 Å². The fraction of sp³-hybridized carbons (Fsp3) is 0.111. The second-order valence-corrected chi connectivity index (χ2v) is 4.98. The third-order valence-corrected chi connectivity index (χ3v) is 3.32. The van der Waals surface area contributed by atoms with E-state index in [0.29, 0.717) is 22.6 Å². The molecule has 2 aromatic rings. The lowest BCUT2D eigenvalue weighted by molar-refractivity contribution is -0.136. The number of hydrogen-bond donors (Lipinski definition) is 0. The number of benzene rings is 2. The Morgan fingerprint density at radius 1 is 1.08 bits per heavy atom. The monoisotopic (exact) mass is 328 g/mol. The van der Waals surface area contributed by atoms with Crippen LogP contribution in [-0.2, 0) is 9.53 Å². The minimum absolute atomic E-state index is 0.121. The Bertz CT molecular complexity index is 796. The third kappa shape index (κ3) is 3.78. The normalized spacial score (nSPS) is 12.4. The van der Waals surface area contributed by atoms with Crippen LogP contribution in [0.5, 0.6) is 11.5 Å². The maximum absolute atomic E-state index is 12.8. The summed E-state index contributed by atoms with van der Waals surface area (Å²) in [5, 5.41) is 0. The van der Waals surface area contributed by atoms with E-state index in [4.69, 9.17) is 14.2 Å². The Morgan fingerprint density at radius 3 is 2.62 bits per heavy atom. The van der Waals surface area contributed by atoms with Crippen molar-refractivity contribution < 1.29 is 28.2 Å². The van der Waals surface area contributed by atoms with E-state index >= 15 is 0 Å². The molecule has 3 rings (SSSR count). The molecule has 0 spiro atoms. The van der Waals surface area contributed by atoms with E-state index in [-0.39, 0.29) is 25.0 Å². The number of ketones is 1. The molecule has 2 aromatic carbocycles. The number of halogens is 1. The summed E-state index contributed by atoms with van der Waals surface area (Å²) < 4.78 is 28.0. The first-order valence-corrected chi connectivity index (χ1v) is 7.15. The van der Waals surface area contributed by atoms with Crippen molar-refractivity contribution in [2.75, 3.05) is 13.4 Å². The Balaban J connectivity index is 1.54. The number of hydrogen-bond acceptors (Lipinski definition) is 5. The Morgan fingerprint density at radius 2 is 1.83 bits per heavy atom. The minimum atomic E-state index is -0.659. The molecule has 0 amide bonds. The van der Waals surface area contributed by atoms with Crippen LogP contribution in [0.25, 0.3) is 6.08 Å². The molecular weight excluding hydrogens is 315 g/mol. The van der Waals surface area contributed by atoms with Crippen LogP contribution in [0.1, 0.15) is 15.9 Å². The first kappa shape index (κ1) is 15.7. The molecule has 0 fully saturated rings. The van der Waals surface area contributed by atoms with Crippen LogP contribution in [0.15, 0.2) is 48.5 Å². The Kier molecular flexibility index (Phi) is 4.56. The second-order valence-electron chi connectivity index (χ2n) is 4.98. The van der Waals surface area contributed by atoms with Crippen molar-refractivity contribution in [2.24, 2.45) is 0 Å². The second kappa shape index (κ2) is 6.95. The fourth-order valence-corrected chi connectivity index (χ4v) is 2.08. The van der Waals surface area contributed by atoms with E-state index < -0.39 is 5.97 Å². The fourth-order valence-electron chi connectivity index (χ4n) is 2.08. The number of ether oxygens (including phenoxy) is 3. The van der Waals surface area contributed by atoms with Gasteiger partial charge >= 0.3 is 5.97 Å². The van der Waals surface area contributed by atoms with E-state index in [0.717, 1.165) is 0 Å². The summed E-state index contributed by atoms with van der Waals surface area (Å²) in [6.45, 7) is -0.262. The van der Waals surface area contributed by atoms with Gasteiger partial charge < -0.3 is 14.2 Å². The predicted molar refractivity (Wildman–Crippen MR) is 83.3 cm³/mol. The highest BCUT2D eigenvalue weighted by Gasteiger charge is 2.16. The van der Waals surface area contributed by atoms with Gasteiger partial charge in [-0.05, 0) is 42.0 Å². The van der Waals surface area contributed by atoms with Gasteiger partial charge in [0.05, 0.1) is 0 Å². The number of rotatable bonds is 5. The Hall–Kier alpha value is -3.15. The molecule has 1 aliphatic rings. The van der Waals surface area contributed by atoms with Gasteiger partial charge in [-0.2, -0.15) is 0 Å². The van der Waals surface area contributed by atoms with Crippen LogP contribution in [0.4, 0.5) is 4.39 Å². The van der Waals surface area contributed by atoms with Crippen LogP contribution in [0, 0.1) is 5.82 Å². The highest BCUT2D eigenvalue weighted by Crippen LogP contribution is 2.32. The van der Waals surface area contributed by atoms with Crippen LogP contribution >= 0.6 is 0 Å². The van der Waals surface area contributed by atoms with Crippen molar-refractivity contribution in [2.45, 2.75) is 0 Å². The van der Waals surface area contributed by atoms with E-state index in [1.54, 1.807) is 18.2 Å². The van der Waals surface area contributed by atoms with E-state index in [2.05, 4.69) is 0 Å². The van der Waals surface area contributed by atoms with E-state index in [1.165, 1.54) is 36.4 Å². The summed E-state index contributed by atoms with van der Waals surface area (Å²) in [4.78, 5) is 23.6. The molecule has 24 heavy (non-hydrogen) atoms. The maximum Gasteiger partial charge on any atom is 0.331 e. The first-order valence-electron chi connectivity index (χ1n) is 7.15. The van der Waals surface area contributed by atoms with Gasteiger partial charge in [-0.1, -0.05) is 12.1 Å². The zero-order valence-electron chi connectivity index (χ0n) is 12.5. The van der Waals surface area contributed by atoms with Crippen molar-refractivity contribution in [3.8, 4) is 11.5 Å². The van der Waals surface area contributed by atoms with Crippen LogP contribution < -0.4 is 9.47 Å². The molecule has 0 saturated heterocycles. The van der Waals surface area contributed by atoms with Crippen molar-refractivity contribution in [1.29, 1.82) is 0 Å². The smallest absolute Gasteiger partial charge is 0.331 e. The predicted octanol–water partition coefficient (Wildman–Crippen LogP) is 2.99. The highest BCUT2D eigenvalue weighted by atomic mass is 19.1. The number of carbonyl (C=O) groups excluding carboxylic acids is 2. The molecule has 0 N–H and O–H groups in total. The lowest BCUT2D eigenvalue weighted by Crippen LogP contribution is -2.12. The summed E-state index contributed by atoms with van der Waals surface area (Å²) in [6, 6.07) is 10.4. The molecule has 0 radical (unpaired) electrons. The van der Waals surface area contributed by atoms with Crippen LogP contribution in [0.2, 0.25) is 0 Å². The van der Waals surface area contributed by atoms with Gasteiger partial charge in [0.1, 0.15) is 5.82 Å². The molecule has 1 heterocycles. The van der Waals surface area contributed by atoms with Crippen LogP contribution in [-0.4, -0.2) is 25.2 Å².